The molecule has 1 saturated heterocycles. The first-order chi connectivity index (χ1) is 17.4. The number of hydrogen-bond acceptors (Lipinski definition) is 10. The molecule has 2 aromatic heterocycles. The zero-order chi connectivity index (χ0) is 25.4. The van der Waals surface area contributed by atoms with Crippen molar-refractivity contribution in [1.29, 1.82) is 0 Å². The molecule has 3 aromatic rings. The summed E-state index contributed by atoms with van der Waals surface area (Å²) >= 11 is 1.43. The molecule has 4 heterocycles. The van der Waals surface area contributed by atoms with Crippen LogP contribution in [0.3, 0.4) is 0 Å². The number of hydrogen-bond donors (Lipinski definition) is 2. The monoisotopic (exact) mass is 506 g/mol. The zero-order valence-electron chi connectivity index (χ0n) is 20.2. The van der Waals surface area contributed by atoms with Crippen LogP contribution in [-0.2, 0) is 4.79 Å². The minimum absolute atomic E-state index is 0.0422. The molecule has 0 unspecified atom stereocenters. The van der Waals surface area contributed by atoms with Crippen molar-refractivity contribution in [2.45, 2.75) is 6.92 Å². The maximum absolute atomic E-state index is 12.6. The molecule has 2 aliphatic heterocycles. The smallest absolute Gasteiger partial charge is 0.277 e. The SMILES string of the molecule is C=CC(=O)N1CCN(c2ccc(Nc3ncc4c(n3)N(C)c3sc(C)nc3C(=O)N4)c(OC)c2)CC1. The number of anilines is 6. The van der Waals surface area contributed by atoms with Gasteiger partial charge in [0.2, 0.25) is 11.9 Å². The number of aryl methyl sites for hydroxylation is 1. The molecule has 0 saturated carbocycles. The number of nitrogens with zero attached hydrogens (tertiary/aromatic N) is 6. The maximum atomic E-state index is 12.6. The molecule has 1 aromatic carbocycles. The first-order valence-electron chi connectivity index (χ1n) is 11.4. The number of carbonyl (C=O) groups excluding carboxylic acids is 2. The van der Waals surface area contributed by atoms with Crippen molar-refractivity contribution in [1.82, 2.24) is 19.9 Å². The summed E-state index contributed by atoms with van der Waals surface area (Å²) < 4.78 is 5.65. The number of nitrogens with one attached hydrogen (secondary N) is 2. The van der Waals surface area contributed by atoms with Crippen LogP contribution in [0.4, 0.5) is 33.8 Å². The van der Waals surface area contributed by atoms with Crippen LogP contribution in [0.5, 0.6) is 5.75 Å². The third kappa shape index (κ3) is 4.31. The molecule has 0 atom stereocenters. The van der Waals surface area contributed by atoms with Gasteiger partial charge in [0.15, 0.2) is 11.5 Å². The van der Waals surface area contributed by atoms with E-state index >= 15 is 0 Å². The lowest BCUT2D eigenvalue weighted by atomic mass is 10.2. The highest BCUT2D eigenvalue weighted by Crippen LogP contribution is 2.39. The highest BCUT2D eigenvalue weighted by molar-refractivity contribution is 7.16. The van der Waals surface area contributed by atoms with Crippen LogP contribution in [0.25, 0.3) is 0 Å². The molecule has 12 heteroatoms. The highest BCUT2D eigenvalue weighted by Gasteiger charge is 2.28. The molecular weight excluding hydrogens is 480 g/mol. The van der Waals surface area contributed by atoms with Gasteiger partial charge in [-0.1, -0.05) is 6.58 Å². The molecule has 1 fully saturated rings. The van der Waals surface area contributed by atoms with Gasteiger partial charge in [0.25, 0.3) is 5.91 Å². The van der Waals surface area contributed by atoms with Gasteiger partial charge < -0.3 is 30.1 Å². The van der Waals surface area contributed by atoms with Crippen molar-refractivity contribution >= 4 is 57.0 Å². The third-order valence-electron chi connectivity index (χ3n) is 6.13. The molecule has 186 valence electrons. The van der Waals surface area contributed by atoms with Crippen LogP contribution >= 0.6 is 11.3 Å². The van der Waals surface area contributed by atoms with Crippen molar-refractivity contribution in [3.8, 4) is 5.75 Å². The largest absolute Gasteiger partial charge is 0.494 e. The highest BCUT2D eigenvalue weighted by atomic mass is 32.1. The van der Waals surface area contributed by atoms with Gasteiger partial charge in [0.1, 0.15) is 16.4 Å². The quantitative estimate of drug-likeness (QED) is 0.504. The van der Waals surface area contributed by atoms with Crippen LogP contribution in [0.15, 0.2) is 37.1 Å². The van der Waals surface area contributed by atoms with Crippen molar-refractivity contribution in [2.24, 2.45) is 0 Å². The predicted molar refractivity (Wildman–Crippen MR) is 140 cm³/mol. The first-order valence-corrected chi connectivity index (χ1v) is 12.2. The van der Waals surface area contributed by atoms with Crippen LogP contribution in [0, 0.1) is 6.92 Å². The van der Waals surface area contributed by atoms with E-state index < -0.39 is 0 Å². The number of ether oxygens (including phenoxy) is 1. The second-order valence-electron chi connectivity index (χ2n) is 8.36. The van der Waals surface area contributed by atoms with Crippen LogP contribution in [0.1, 0.15) is 15.5 Å². The Morgan fingerprint density at radius 2 is 2.03 bits per heavy atom. The van der Waals surface area contributed by atoms with E-state index in [9.17, 15) is 9.59 Å². The summed E-state index contributed by atoms with van der Waals surface area (Å²) in [7, 11) is 3.46. The predicted octanol–water partition coefficient (Wildman–Crippen LogP) is 3.16. The minimum atomic E-state index is -0.281. The summed E-state index contributed by atoms with van der Waals surface area (Å²) in [5.41, 5.74) is 2.59. The molecule has 36 heavy (non-hydrogen) atoms. The number of amides is 2. The molecule has 5 rings (SSSR count). The number of methoxy groups -OCH3 is 1. The van der Waals surface area contributed by atoms with Crippen LogP contribution in [-0.4, -0.2) is 72.0 Å². The maximum Gasteiger partial charge on any atom is 0.277 e. The number of piperazine rings is 1. The summed E-state index contributed by atoms with van der Waals surface area (Å²) in [5, 5.41) is 7.61. The molecule has 0 aliphatic carbocycles. The summed E-state index contributed by atoms with van der Waals surface area (Å²) in [5.74, 6) is 1.24. The lowest BCUT2D eigenvalue weighted by Gasteiger charge is -2.35. The molecule has 2 aliphatic rings. The number of carbonyl (C=O) groups is 2. The Bertz CT molecular complexity index is 1350. The topological polar surface area (TPSA) is 116 Å². The minimum Gasteiger partial charge on any atom is -0.494 e. The average Bonchev–Trinajstić information content (AvgIpc) is 3.27. The normalized spacial score (nSPS) is 15.0. The fourth-order valence-electron chi connectivity index (χ4n) is 4.26. The van der Waals surface area contributed by atoms with Crippen LogP contribution in [0.2, 0.25) is 0 Å². The molecule has 0 spiro atoms. The van der Waals surface area contributed by atoms with E-state index in [1.165, 1.54) is 17.4 Å². The van der Waals surface area contributed by atoms with Crippen LogP contribution < -0.4 is 25.2 Å². The molecule has 0 radical (unpaired) electrons. The van der Waals surface area contributed by atoms with Gasteiger partial charge in [-0.25, -0.2) is 9.97 Å². The fourth-order valence-corrected chi connectivity index (χ4v) is 5.14. The molecule has 0 bridgehead atoms. The number of benzene rings is 1. The summed E-state index contributed by atoms with van der Waals surface area (Å²) in [4.78, 5) is 43.7. The number of rotatable bonds is 5. The number of fused-ring (bicyclic) bond motifs is 2. The Balaban J connectivity index is 1.37. The van der Waals surface area contributed by atoms with Gasteiger partial charge in [-0.2, -0.15) is 4.98 Å². The van der Waals surface area contributed by atoms with E-state index in [1.807, 2.05) is 37.1 Å². The molecule has 11 nitrogen and oxygen atoms in total. The Kier molecular flexibility index (Phi) is 6.18. The molecular formula is C24H26N8O3S. The molecule has 2 amide bonds. The Morgan fingerprint density at radius 1 is 1.25 bits per heavy atom. The van der Waals surface area contributed by atoms with Gasteiger partial charge in [-0.15, -0.1) is 11.3 Å². The van der Waals surface area contributed by atoms with E-state index in [1.54, 1.807) is 18.2 Å². The number of aromatic nitrogens is 3. The Hall–Kier alpha value is -4.19. The fraction of sp³-hybridized carbons (Fsp3) is 0.292. The van der Waals surface area contributed by atoms with Gasteiger partial charge in [-0.05, 0) is 25.1 Å². The van der Waals surface area contributed by atoms with Gasteiger partial charge in [-0.3, -0.25) is 9.59 Å². The van der Waals surface area contributed by atoms with E-state index in [0.717, 1.165) is 28.8 Å². The zero-order valence-corrected chi connectivity index (χ0v) is 21.1. The summed E-state index contributed by atoms with van der Waals surface area (Å²) in [6, 6.07) is 5.87. The second-order valence-corrected chi connectivity index (χ2v) is 9.54. The molecule has 2 N–H and O–H groups in total. The third-order valence-corrected chi connectivity index (χ3v) is 7.18. The summed E-state index contributed by atoms with van der Waals surface area (Å²) in [6.45, 7) is 8.16. The van der Waals surface area contributed by atoms with E-state index in [0.29, 0.717) is 47.7 Å². The average molecular weight is 507 g/mol. The van der Waals surface area contributed by atoms with E-state index in [4.69, 9.17) is 4.74 Å². The lowest BCUT2D eigenvalue weighted by molar-refractivity contribution is -0.126. The van der Waals surface area contributed by atoms with E-state index in [-0.39, 0.29) is 11.8 Å². The Morgan fingerprint density at radius 3 is 2.75 bits per heavy atom. The second kappa shape index (κ2) is 9.46. The standard InChI is InChI=1S/C24H26N8O3S/c1-5-19(33)32-10-8-31(9-11-32)15-6-7-16(18(12-15)35-4)28-24-25-13-17-21(29-24)30(3)23-20(22(34)27-17)26-14(2)36-23/h5-7,12-13H,1,8-11H2,2-4H3,(H,27,34)(H,25,28,29). The first kappa shape index (κ1) is 23.5. The van der Waals surface area contributed by atoms with Gasteiger partial charge >= 0.3 is 0 Å². The number of thiazole rings is 1. The lowest BCUT2D eigenvalue weighted by Crippen LogP contribution is -2.48. The van der Waals surface area contributed by atoms with Gasteiger partial charge in [0, 0.05) is 45.0 Å². The van der Waals surface area contributed by atoms with Gasteiger partial charge in [0.05, 0.1) is 24.0 Å². The van der Waals surface area contributed by atoms with Crippen molar-refractivity contribution in [2.75, 3.05) is 60.8 Å². The van der Waals surface area contributed by atoms with Crippen molar-refractivity contribution < 1.29 is 14.3 Å². The van der Waals surface area contributed by atoms with Crippen molar-refractivity contribution in [3.05, 3.63) is 47.8 Å². The van der Waals surface area contributed by atoms with Crippen molar-refractivity contribution in [3.63, 3.8) is 0 Å². The van der Waals surface area contributed by atoms with E-state index in [2.05, 4.69) is 37.1 Å². The Labute approximate surface area is 212 Å². The summed E-state index contributed by atoms with van der Waals surface area (Å²) in [6.07, 6.45) is 2.93.